The van der Waals surface area contributed by atoms with Crippen molar-refractivity contribution >= 4 is 38.4 Å². The second-order valence-corrected chi connectivity index (χ2v) is 13.2. The summed E-state index contributed by atoms with van der Waals surface area (Å²) in [5.74, 6) is 0. The van der Waals surface area contributed by atoms with E-state index in [1.807, 2.05) is 0 Å². The van der Waals surface area contributed by atoms with Crippen LogP contribution >= 0.6 is 0 Å². The molecular weight excluding hydrogens is 613 g/mol. The van der Waals surface area contributed by atoms with Crippen LogP contribution in [0.3, 0.4) is 0 Å². The molecule has 9 aromatic rings. The van der Waals surface area contributed by atoms with E-state index < -0.39 is 0 Å². The zero-order chi connectivity index (χ0) is 34.0. The summed E-state index contributed by atoms with van der Waals surface area (Å²) in [4.78, 5) is 0. The highest BCUT2D eigenvalue weighted by Crippen LogP contribution is 2.46. The van der Waals surface area contributed by atoms with Crippen molar-refractivity contribution in [3.05, 3.63) is 211 Å². The lowest BCUT2D eigenvalue weighted by Gasteiger charge is -2.19. The number of rotatable bonds is 7. The number of fused-ring (bicyclic) bond motifs is 4. The van der Waals surface area contributed by atoms with Gasteiger partial charge in [0.05, 0.1) is 0 Å². The normalized spacial score (nSPS) is 11.5. The molecule has 0 spiro atoms. The lowest BCUT2D eigenvalue weighted by molar-refractivity contribution is 1.28. The summed E-state index contributed by atoms with van der Waals surface area (Å²) in [5.41, 5.74) is 12.6. The molecule has 0 saturated carbocycles. The van der Waals surface area contributed by atoms with Gasteiger partial charge in [0.15, 0.2) is 0 Å². The van der Waals surface area contributed by atoms with Crippen LogP contribution in [0.1, 0.15) is 11.1 Å². The van der Waals surface area contributed by atoms with Crippen molar-refractivity contribution in [2.24, 2.45) is 0 Å². The fourth-order valence-electron chi connectivity index (χ4n) is 7.72. The minimum atomic E-state index is 0.843. The quantitative estimate of drug-likeness (QED) is 0.119. The Morgan fingerprint density at radius 2 is 0.902 bits per heavy atom. The van der Waals surface area contributed by atoms with Crippen molar-refractivity contribution in [3.63, 3.8) is 0 Å². The minimum absolute atomic E-state index is 0.843. The number of benzene rings is 9. The average molecular weight is 649 g/mol. The molecule has 0 radical (unpaired) electrons. The highest BCUT2D eigenvalue weighted by molar-refractivity contribution is 6.27. The molecule has 9 aromatic carbocycles. The maximum absolute atomic E-state index is 2.35. The third kappa shape index (κ3) is 5.82. The van der Waals surface area contributed by atoms with E-state index in [9.17, 15) is 0 Å². The fraction of sp³-hybridized carbons (Fsp3) is 0.0196. The second-order valence-electron chi connectivity index (χ2n) is 13.2. The molecule has 0 unspecified atom stereocenters. The van der Waals surface area contributed by atoms with Gasteiger partial charge in [-0.3, -0.25) is 0 Å². The van der Waals surface area contributed by atoms with E-state index in [0.29, 0.717) is 0 Å². The van der Waals surface area contributed by atoms with Gasteiger partial charge in [0, 0.05) is 0 Å². The predicted molar refractivity (Wildman–Crippen MR) is 220 cm³/mol. The van der Waals surface area contributed by atoms with Crippen LogP contribution in [0.5, 0.6) is 0 Å². The largest absolute Gasteiger partial charge is 0.0795 e. The van der Waals surface area contributed by atoms with Crippen LogP contribution in [-0.4, -0.2) is 0 Å². The van der Waals surface area contributed by atoms with Crippen LogP contribution in [0.25, 0.3) is 82.9 Å². The van der Waals surface area contributed by atoms with Crippen molar-refractivity contribution in [2.45, 2.75) is 6.42 Å². The zero-order valence-corrected chi connectivity index (χ0v) is 28.3. The Balaban J connectivity index is 1.11. The topological polar surface area (TPSA) is 0 Å². The summed E-state index contributed by atoms with van der Waals surface area (Å²) in [6, 6.07) is 70.5. The molecule has 0 fully saturated rings. The molecule has 240 valence electrons. The summed E-state index contributed by atoms with van der Waals surface area (Å²) < 4.78 is 0. The van der Waals surface area contributed by atoms with Crippen LogP contribution in [0, 0.1) is 0 Å². The van der Waals surface area contributed by atoms with Crippen molar-refractivity contribution in [3.8, 4) is 44.5 Å². The summed E-state index contributed by atoms with van der Waals surface area (Å²) >= 11 is 0. The molecule has 0 aliphatic carbocycles. The predicted octanol–water partition coefficient (Wildman–Crippen LogP) is 14.1. The van der Waals surface area contributed by atoms with Gasteiger partial charge in [0.1, 0.15) is 0 Å². The van der Waals surface area contributed by atoms with Gasteiger partial charge in [0.2, 0.25) is 0 Å². The van der Waals surface area contributed by atoms with Gasteiger partial charge in [-0.15, -0.1) is 0 Å². The number of hydrogen-bond donors (Lipinski definition) is 0. The number of allylic oxidation sites excluding steroid dienone is 1. The summed E-state index contributed by atoms with van der Waals surface area (Å²) in [6.07, 6.45) is 5.41. The molecule has 0 heterocycles. The van der Waals surface area contributed by atoms with Crippen LogP contribution in [0.15, 0.2) is 200 Å². The molecule has 0 atom stereocenters. The highest BCUT2D eigenvalue weighted by atomic mass is 14.2. The molecule has 0 aromatic heterocycles. The third-order valence-corrected chi connectivity index (χ3v) is 10.1. The monoisotopic (exact) mass is 648 g/mol. The van der Waals surface area contributed by atoms with E-state index in [-0.39, 0.29) is 0 Å². The first-order chi connectivity index (χ1) is 25.3. The lowest BCUT2D eigenvalue weighted by atomic mass is 9.84. The molecule has 0 aliphatic heterocycles. The van der Waals surface area contributed by atoms with Crippen molar-refractivity contribution in [1.82, 2.24) is 0 Å². The summed E-state index contributed by atoms with van der Waals surface area (Å²) in [5, 5.41) is 7.68. The van der Waals surface area contributed by atoms with Gasteiger partial charge >= 0.3 is 0 Å². The lowest BCUT2D eigenvalue weighted by Crippen LogP contribution is -1.92. The first-order valence-electron chi connectivity index (χ1n) is 17.7. The first-order valence-corrected chi connectivity index (χ1v) is 17.7. The van der Waals surface area contributed by atoms with E-state index in [0.717, 1.165) is 6.42 Å². The fourth-order valence-corrected chi connectivity index (χ4v) is 7.72. The maximum atomic E-state index is 2.35. The molecular formula is C51H36. The van der Waals surface area contributed by atoms with Crippen LogP contribution in [-0.2, 0) is 6.42 Å². The van der Waals surface area contributed by atoms with E-state index in [1.165, 1.54) is 88.0 Å². The van der Waals surface area contributed by atoms with Gasteiger partial charge in [-0.05, 0) is 94.4 Å². The van der Waals surface area contributed by atoms with Crippen molar-refractivity contribution in [2.75, 3.05) is 0 Å². The smallest absolute Gasteiger partial charge is 0.00141 e. The van der Waals surface area contributed by atoms with Crippen LogP contribution in [0.4, 0.5) is 0 Å². The molecule has 0 saturated heterocycles. The summed E-state index contributed by atoms with van der Waals surface area (Å²) in [7, 11) is 0. The zero-order valence-electron chi connectivity index (χ0n) is 28.3. The van der Waals surface area contributed by atoms with E-state index in [2.05, 4.69) is 206 Å². The molecule has 0 nitrogen and oxygen atoms in total. The summed E-state index contributed by atoms with van der Waals surface area (Å²) in [6.45, 7) is 0. The molecule has 0 bridgehead atoms. The van der Waals surface area contributed by atoms with Crippen molar-refractivity contribution in [1.29, 1.82) is 0 Å². The van der Waals surface area contributed by atoms with Gasteiger partial charge in [-0.2, -0.15) is 0 Å². The highest BCUT2D eigenvalue weighted by Gasteiger charge is 2.18. The Morgan fingerprint density at radius 3 is 1.61 bits per heavy atom. The van der Waals surface area contributed by atoms with Gasteiger partial charge in [-0.1, -0.05) is 206 Å². The number of hydrogen-bond acceptors (Lipinski definition) is 0. The van der Waals surface area contributed by atoms with Gasteiger partial charge < -0.3 is 0 Å². The van der Waals surface area contributed by atoms with Crippen LogP contribution in [0.2, 0.25) is 0 Å². The molecule has 0 heteroatoms. The molecule has 0 amide bonds. The second kappa shape index (κ2) is 13.4. The van der Waals surface area contributed by atoms with E-state index >= 15 is 0 Å². The molecule has 51 heavy (non-hydrogen) atoms. The van der Waals surface area contributed by atoms with Gasteiger partial charge in [0.25, 0.3) is 0 Å². The first kappa shape index (κ1) is 30.6. The maximum Gasteiger partial charge on any atom is -0.00141 e. The molecule has 9 rings (SSSR count). The Kier molecular flexibility index (Phi) is 8.04. The van der Waals surface area contributed by atoms with E-state index in [4.69, 9.17) is 0 Å². The Labute approximate surface area is 299 Å². The SMILES string of the molecule is C(=C\c1ccc(-c2c3ccccc3c(-c3ccccc3)c3c2ccc2ccccc23)cc1)/Cc1cc(-c2ccccc2)ccc1-c1ccccc1. The minimum Gasteiger partial charge on any atom is -0.0795 e. The Morgan fingerprint density at radius 1 is 0.353 bits per heavy atom. The Bertz CT molecular complexity index is 2670. The Hall–Kier alpha value is -6.50. The molecule has 0 N–H and O–H groups in total. The average Bonchev–Trinajstić information content (AvgIpc) is 3.21. The third-order valence-electron chi connectivity index (χ3n) is 10.1. The van der Waals surface area contributed by atoms with Crippen molar-refractivity contribution < 1.29 is 0 Å². The van der Waals surface area contributed by atoms with Gasteiger partial charge in [-0.25, -0.2) is 0 Å². The standard InChI is InChI=1S/C51H36/c1-4-16-37(17-5-1)42-32-33-44(38-18-6-2-7-19-38)43(35-42)23-14-15-36-27-29-41(30-28-36)49-46-25-12-13-26-47(46)50(40-21-8-3-9-22-40)51-45-24-11-10-20-39(45)31-34-48(49)51/h1-22,24-35H,23H2/b15-14+. The van der Waals surface area contributed by atoms with Crippen LogP contribution < -0.4 is 0 Å². The van der Waals surface area contributed by atoms with E-state index in [1.54, 1.807) is 0 Å². The molecule has 0 aliphatic rings.